The Bertz CT molecular complexity index is 1460. The van der Waals surface area contributed by atoms with Gasteiger partial charge in [-0.25, -0.2) is 17.9 Å². The first kappa shape index (κ1) is 30.4. The number of carboxylic acid groups (broad SMARTS) is 1. The number of hydrogen-bond acceptors (Lipinski definition) is 7. The minimum Gasteiger partial charge on any atom is -0.475 e. The van der Waals surface area contributed by atoms with Crippen molar-refractivity contribution in [2.24, 2.45) is 0 Å². The second-order valence-electron chi connectivity index (χ2n) is 9.21. The molecule has 9 nitrogen and oxygen atoms in total. The second kappa shape index (κ2) is 12.4. The molecule has 1 heterocycles. The van der Waals surface area contributed by atoms with Gasteiger partial charge in [0, 0.05) is 11.3 Å². The Morgan fingerprint density at radius 2 is 1.57 bits per heavy atom. The summed E-state index contributed by atoms with van der Waals surface area (Å²) in [5.74, 6) is -3.36. The number of nitrogen functional groups attached to an aromatic ring is 1. The highest BCUT2D eigenvalue weighted by Gasteiger charge is 2.38. The van der Waals surface area contributed by atoms with E-state index in [0.29, 0.717) is 23.6 Å². The molecular formula is C27H27F3N2O7S. The van der Waals surface area contributed by atoms with Crippen molar-refractivity contribution >= 4 is 27.6 Å². The van der Waals surface area contributed by atoms with E-state index >= 15 is 0 Å². The van der Waals surface area contributed by atoms with E-state index in [2.05, 4.69) is 4.72 Å². The number of aliphatic carboxylic acids is 1. The number of amides is 1. The van der Waals surface area contributed by atoms with Crippen LogP contribution in [0.25, 0.3) is 0 Å². The van der Waals surface area contributed by atoms with Gasteiger partial charge in [-0.2, -0.15) is 18.1 Å². The smallest absolute Gasteiger partial charge is 0.475 e. The monoisotopic (exact) mass is 580 g/mol. The minimum absolute atomic E-state index is 0.0390. The van der Waals surface area contributed by atoms with Gasteiger partial charge >= 0.3 is 12.1 Å². The Kier molecular flexibility index (Phi) is 9.43. The van der Waals surface area contributed by atoms with E-state index < -0.39 is 34.0 Å². The van der Waals surface area contributed by atoms with Crippen molar-refractivity contribution in [3.63, 3.8) is 0 Å². The molecule has 214 valence electrons. The number of nitrogens with two attached hydrogens (primary N) is 1. The number of carboxylic acids is 1. The van der Waals surface area contributed by atoms with Crippen LogP contribution in [-0.4, -0.2) is 31.6 Å². The number of sulfonamides is 1. The fourth-order valence-corrected chi connectivity index (χ4v) is 4.71. The van der Waals surface area contributed by atoms with Gasteiger partial charge in [0.2, 0.25) is 5.91 Å². The van der Waals surface area contributed by atoms with Gasteiger partial charge in [0.05, 0.1) is 10.8 Å². The summed E-state index contributed by atoms with van der Waals surface area (Å²) in [6, 6.07) is 19.0. The highest BCUT2D eigenvalue weighted by atomic mass is 32.2. The van der Waals surface area contributed by atoms with Crippen LogP contribution in [0, 0.1) is 0 Å². The lowest BCUT2D eigenvalue weighted by atomic mass is 9.90. The predicted molar refractivity (Wildman–Crippen MR) is 139 cm³/mol. The first-order chi connectivity index (χ1) is 18.7. The molecule has 0 spiro atoms. The highest BCUT2D eigenvalue weighted by molar-refractivity contribution is 7.90. The largest absolute Gasteiger partial charge is 0.490 e. The van der Waals surface area contributed by atoms with Crippen molar-refractivity contribution < 1.29 is 46.1 Å². The standard InChI is InChI=1S/C25H26N2O5S.C2HF3O2/c1-16(2)18-7-11-22(12-8-18)33(29,30)27-25(28)23(13-17-3-9-21(26)10-4-17)19-5-6-20-15-31-32-24(20)14-19;3-2(4,5)1(6)7/h3-12,14,16,23H,13,15,26H2,1-2H3,(H,27,28);(H,6,7). The molecule has 3 aromatic rings. The summed E-state index contributed by atoms with van der Waals surface area (Å²) in [4.78, 5) is 32.4. The molecule has 0 aliphatic carbocycles. The van der Waals surface area contributed by atoms with Crippen LogP contribution in [0.5, 0.6) is 5.75 Å². The van der Waals surface area contributed by atoms with Gasteiger partial charge in [-0.1, -0.05) is 50.2 Å². The molecule has 3 aromatic carbocycles. The lowest BCUT2D eigenvalue weighted by Gasteiger charge is -2.18. The van der Waals surface area contributed by atoms with Crippen LogP contribution in [0.1, 0.15) is 47.9 Å². The third-order valence-electron chi connectivity index (χ3n) is 5.93. The molecule has 0 radical (unpaired) electrons. The van der Waals surface area contributed by atoms with Gasteiger partial charge in [-0.15, -0.1) is 0 Å². The molecule has 0 aromatic heterocycles. The molecule has 1 unspecified atom stereocenters. The molecule has 0 saturated carbocycles. The number of hydrogen-bond donors (Lipinski definition) is 3. The van der Waals surface area contributed by atoms with Crippen LogP contribution in [-0.2, 0) is 37.5 Å². The molecule has 1 amide bonds. The van der Waals surface area contributed by atoms with E-state index in [1.165, 1.54) is 12.1 Å². The van der Waals surface area contributed by atoms with Crippen molar-refractivity contribution in [3.8, 4) is 5.75 Å². The van der Waals surface area contributed by atoms with Gasteiger partial charge < -0.3 is 15.7 Å². The SMILES string of the molecule is CC(C)c1ccc(S(=O)(=O)NC(=O)C(Cc2ccc(N)cc2)c2ccc3c(c2)OOC3)cc1.O=C(O)C(F)(F)F. The number of nitrogens with one attached hydrogen (secondary N) is 1. The van der Waals surface area contributed by atoms with Crippen molar-refractivity contribution in [2.75, 3.05) is 5.73 Å². The van der Waals surface area contributed by atoms with Crippen LogP contribution >= 0.6 is 0 Å². The number of carbonyl (C=O) groups is 2. The first-order valence-corrected chi connectivity index (χ1v) is 13.4. The average molecular weight is 581 g/mol. The summed E-state index contributed by atoms with van der Waals surface area (Å²) in [7, 11) is -4.04. The van der Waals surface area contributed by atoms with Crippen molar-refractivity contribution in [2.45, 2.75) is 49.8 Å². The van der Waals surface area contributed by atoms with E-state index in [9.17, 15) is 26.4 Å². The zero-order valence-electron chi connectivity index (χ0n) is 21.4. The lowest BCUT2D eigenvalue weighted by Crippen LogP contribution is -2.35. The zero-order chi connectivity index (χ0) is 29.7. The predicted octanol–water partition coefficient (Wildman–Crippen LogP) is 4.68. The number of alkyl halides is 3. The molecule has 40 heavy (non-hydrogen) atoms. The van der Waals surface area contributed by atoms with Crippen LogP contribution < -0.4 is 15.3 Å². The van der Waals surface area contributed by atoms with E-state index in [-0.39, 0.29) is 17.2 Å². The van der Waals surface area contributed by atoms with Gasteiger partial charge in [0.1, 0.15) is 6.61 Å². The van der Waals surface area contributed by atoms with Crippen LogP contribution in [0.2, 0.25) is 0 Å². The topological polar surface area (TPSA) is 145 Å². The van der Waals surface area contributed by atoms with Crippen LogP contribution in [0.15, 0.2) is 71.6 Å². The maximum absolute atomic E-state index is 13.3. The number of anilines is 1. The minimum atomic E-state index is -5.08. The first-order valence-electron chi connectivity index (χ1n) is 11.9. The fraction of sp³-hybridized carbons (Fsp3) is 0.259. The quantitative estimate of drug-likeness (QED) is 0.270. The van der Waals surface area contributed by atoms with Crippen LogP contribution in [0.3, 0.4) is 0 Å². The molecule has 1 atom stereocenters. The Hall–Kier alpha value is -4.10. The van der Waals surface area contributed by atoms with Crippen LogP contribution in [0.4, 0.5) is 18.9 Å². The van der Waals surface area contributed by atoms with E-state index in [1.807, 2.05) is 32.0 Å². The average Bonchev–Trinajstić information content (AvgIpc) is 3.36. The second-order valence-corrected chi connectivity index (χ2v) is 10.9. The fourth-order valence-electron chi connectivity index (χ4n) is 3.69. The normalized spacial score (nSPS) is 13.4. The van der Waals surface area contributed by atoms with Gasteiger partial charge in [-0.05, 0) is 59.4 Å². The third-order valence-corrected chi connectivity index (χ3v) is 7.29. The number of rotatable bonds is 7. The Labute approximate surface area is 228 Å². The molecule has 0 fully saturated rings. The molecule has 1 aliphatic rings. The lowest BCUT2D eigenvalue weighted by molar-refractivity contribution is -0.194. The van der Waals surface area contributed by atoms with E-state index in [4.69, 9.17) is 25.4 Å². The van der Waals surface area contributed by atoms with E-state index in [1.54, 1.807) is 36.4 Å². The maximum Gasteiger partial charge on any atom is 0.490 e. The van der Waals surface area contributed by atoms with E-state index in [0.717, 1.165) is 16.7 Å². The molecule has 1 aliphatic heterocycles. The molecular weight excluding hydrogens is 553 g/mol. The number of carbonyl (C=O) groups excluding carboxylic acids is 1. The molecule has 0 bridgehead atoms. The number of benzene rings is 3. The number of halogens is 3. The van der Waals surface area contributed by atoms with Crippen molar-refractivity contribution in [3.05, 3.63) is 89.0 Å². The summed E-state index contributed by atoms with van der Waals surface area (Å²) < 4.78 is 59.9. The van der Waals surface area contributed by atoms with Gasteiger partial charge in [0.25, 0.3) is 10.0 Å². The van der Waals surface area contributed by atoms with Crippen molar-refractivity contribution in [1.29, 1.82) is 0 Å². The summed E-state index contributed by atoms with van der Waals surface area (Å²) in [6.07, 6.45) is -4.80. The Morgan fingerprint density at radius 3 is 2.12 bits per heavy atom. The Morgan fingerprint density at radius 1 is 1.00 bits per heavy atom. The molecule has 4 N–H and O–H groups in total. The van der Waals surface area contributed by atoms with Gasteiger partial charge in [0.15, 0.2) is 5.75 Å². The third kappa shape index (κ3) is 7.96. The summed E-state index contributed by atoms with van der Waals surface area (Å²) in [5, 5.41) is 7.12. The summed E-state index contributed by atoms with van der Waals surface area (Å²) in [5.41, 5.74) is 9.74. The van der Waals surface area contributed by atoms with Crippen molar-refractivity contribution in [1.82, 2.24) is 4.72 Å². The maximum atomic E-state index is 13.3. The van der Waals surface area contributed by atoms with Gasteiger partial charge in [-0.3, -0.25) is 4.79 Å². The Balaban J connectivity index is 0.000000559. The zero-order valence-corrected chi connectivity index (χ0v) is 22.3. The summed E-state index contributed by atoms with van der Waals surface area (Å²) in [6.45, 7) is 4.38. The highest BCUT2D eigenvalue weighted by Crippen LogP contribution is 2.32. The molecule has 0 saturated heterocycles. The molecule has 4 rings (SSSR count). The summed E-state index contributed by atoms with van der Waals surface area (Å²) >= 11 is 0. The molecule has 13 heteroatoms. The number of fused-ring (bicyclic) bond motifs is 1.